The molecule has 23 heavy (non-hydrogen) atoms. The molecule has 2 heteroatoms. The summed E-state index contributed by atoms with van der Waals surface area (Å²) >= 11 is 0. The standard InChI is InChI=1S/C21H27NO/c1-18(17-22-14-8-9-15-22)21(23,20-12-6-3-7-13-20)16-19-10-4-2-5-11-19/h2-7,10-13,18,23H,8-9,14-17H2,1H3/t18-,21-/m1/s1. The van der Waals surface area contributed by atoms with Crippen molar-refractivity contribution in [1.82, 2.24) is 4.90 Å². The summed E-state index contributed by atoms with van der Waals surface area (Å²) in [4.78, 5) is 2.49. The zero-order chi connectivity index (χ0) is 16.1. The maximum atomic E-state index is 11.6. The van der Waals surface area contributed by atoms with Gasteiger partial charge in [-0.2, -0.15) is 0 Å². The topological polar surface area (TPSA) is 23.5 Å². The average Bonchev–Trinajstić information content (AvgIpc) is 3.09. The molecule has 2 atom stereocenters. The Bertz CT molecular complexity index is 592. The zero-order valence-corrected chi connectivity index (χ0v) is 14.0. The van der Waals surface area contributed by atoms with Crippen LogP contribution in [-0.2, 0) is 12.0 Å². The van der Waals surface area contributed by atoms with Crippen molar-refractivity contribution in [1.29, 1.82) is 0 Å². The van der Waals surface area contributed by atoms with Crippen molar-refractivity contribution in [3.05, 3.63) is 71.8 Å². The summed E-state index contributed by atoms with van der Waals surface area (Å²) in [5, 5.41) is 11.6. The second kappa shape index (κ2) is 7.29. The molecule has 1 aliphatic rings. The van der Waals surface area contributed by atoms with E-state index in [9.17, 15) is 5.11 Å². The van der Waals surface area contributed by atoms with Gasteiger partial charge < -0.3 is 10.0 Å². The Labute approximate surface area is 139 Å². The van der Waals surface area contributed by atoms with Crippen molar-refractivity contribution in [2.24, 2.45) is 5.92 Å². The number of hydrogen-bond donors (Lipinski definition) is 1. The van der Waals surface area contributed by atoms with E-state index in [-0.39, 0.29) is 5.92 Å². The molecule has 1 fully saturated rings. The Hall–Kier alpha value is -1.64. The molecule has 3 rings (SSSR count). The van der Waals surface area contributed by atoms with Gasteiger partial charge in [-0.25, -0.2) is 0 Å². The van der Waals surface area contributed by atoms with Gasteiger partial charge in [0.15, 0.2) is 0 Å². The first-order chi connectivity index (χ1) is 11.2. The highest BCUT2D eigenvalue weighted by Crippen LogP contribution is 2.34. The van der Waals surface area contributed by atoms with Crippen LogP contribution in [0.25, 0.3) is 0 Å². The maximum absolute atomic E-state index is 11.6. The number of benzene rings is 2. The van der Waals surface area contributed by atoms with Gasteiger partial charge in [-0.15, -0.1) is 0 Å². The molecule has 0 unspecified atom stereocenters. The second-order valence-corrected chi connectivity index (χ2v) is 6.86. The molecule has 0 aliphatic carbocycles. The molecule has 0 amide bonds. The quantitative estimate of drug-likeness (QED) is 0.876. The van der Waals surface area contributed by atoms with Gasteiger partial charge in [0.05, 0.1) is 5.60 Å². The van der Waals surface area contributed by atoms with Gasteiger partial charge in [-0.05, 0) is 37.1 Å². The van der Waals surface area contributed by atoms with Gasteiger partial charge in [0.2, 0.25) is 0 Å². The van der Waals surface area contributed by atoms with E-state index in [1.165, 1.54) is 31.5 Å². The van der Waals surface area contributed by atoms with Crippen molar-refractivity contribution in [2.45, 2.75) is 31.8 Å². The largest absolute Gasteiger partial charge is 0.384 e. The van der Waals surface area contributed by atoms with Gasteiger partial charge in [0.1, 0.15) is 0 Å². The Balaban J connectivity index is 1.86. The SMILES string of the molecule is C[C@H](CN1CCCC1)[C@](O)(Cc1ccccc1)c1ccccc1. The van der Waals surface area contributed by atoms with Crippen LogP contribution in [0.1, 0.15) is 30.9 Å². The molecule has 0 aromatic heterocycles. The van der Waals surface area contributed by atoms with Gasteiger partial charge in [0, 0.05) is 18.9 Å². The smallest absolute Gasteiger partial charge is 0.0974 e. The molecular formula is C21H27NO. The molecule has 2 nitrogen and oxygen atoms in total. The molecule has 0 saturated carbocycles. The van der Waals surface area contributed by atoms with Crippen molar-refractivity contribution in [3.8, 4) is 0 Å². The van der Waals surface area contributed by atoms with E-state index in [0.717, 1.165) is 12.1 Å². The van der Waals surface area contributed by atoms with Crippen LogP contribution in [0.2, 0.25) is 0 Å². The fraction of sp³-hybridized carbons (Fsp3) is 0.429. The minimum Gasteiger partial charge on any atom is -0.384 e. The van der Waals surface area contributed by atoms with E-state index in [4.69, 9.17) is 0 Å². The minimum absolute atomic E-state index is 0.184. The summed E-state index contributed by atoms with van der Waals surface area (Å²) in [7, 11) is 0. The average molecular weight is 309 g/mol. The molecular weight excluding hydrogens is 282 g/mol. The van der Waals surface area contributed by atoms with Crippen molar-refractivity contribution < 1.29 is 5.11 Å². The summed E-state index contributed by atoms with van der Waals surface area (Å²) in [6.45, 7) is 5.48. The second-order valence-electron chi connectivity index (χ2n) is 6.86. The Morgan fingerprint density at radius 2 is 1.52 bits per heavy atom. The van der Waals surface area contributed by atoms with Crippen LogP contribution in [-0.4, -0.2) is 29.6 Å². The fourth-order valence-electron chi connectivity index (χ4n) is 3.70. The van der Waals surface area contributed by atoms with Crippen molar-refractivity contribution >= 4 is 0 Å². The first kappa shape index (κ1) is 16.2. The van der Waals surface area contributed by atoms with E-state index in [2.05, 4.69) is 36.1 Å². The number of aliphatic hydroxyl groups is 1. The highest BCUT2D eigenvalue weighted by atomic mass is 16.3. The van der Waals surface area contributed by atoms with Gasteiger partial charge in [-0.1, -0.05) is 67.6 Å². The van der Waals surface area contributed by atoms with Crippen LogP contribution >= 0.6 is 0 Å². The normalized spacial score (nSPS) is 19.4. The fourth-order valence-corrected chi connectivity index (χ4v) is 3.70. The van der Waals surface area contributed by atoms with Crippen LogP contribution in [0.5, 0.6) is 0 Å². The lowest BCUT2D eigenvalue weighted by molar-refractivity contribution is -0.0277. The van der Waals surface area contributed by atoms with Crippen LogP contribution in [0.3, 0.4) is 0 Å². The monoisotopic (exact) mass is 309 g/mol. The van der Waals surface area contributed by atoms with Crippen LogP contribution in [0.15, 0.2) is 60.7 Å². The third-order valence-electron chi connectivity index (χ3n) is 5.14. The lowest BCUT2D eigenvalue weighted by Gasteiger charge is -2.37. The summed E-state index contributed by atoms with van der Waals surface area (Å²) in [5.74, 6) is 0.184. The number of likely N-dealkylation sites (tertiary alicyclic amines) is 1. The summed E-state index contributed by atoms with van der Waals surface area (Å²) < 4.78 is 0. The molecule has 0 spiro atoms. The number of rotatable bonds is 6. The van der Waals surface area contributed by atoms with E-state index < -0.39 is 5.60 Å². The molecule has 0 bridgehead atoms. The van der Waals surface area contributed by atoms with Gasteiger partial charge in [0.25, 0.3) is 0 Å². The van der Waals surface area contributed by atoms with Crippen LogP contribution < -0.4 is 0 Å². The maximum Gasteiger partial charge on any atom is 0.0974 e. The summed E-state index contributed by atoms with van der Waals surface area (Å²) in [6, 6.07) is 20.5. The van der Waals surface area contributed by atoms with Gasteiger partial charge in [-0.3, -0.25) is 0 Å². The summed E-state index contributed by atoms with van der Waals surface area (Å²) in [6.07, 6.45) is 3.23. The predicted molar refractivity (Wildman–Crippen MR) is 95.3 cm³/mol. The third-order valence-corrected chi connectivity index (χ3v) is 5.14. The highest BCUT2D eigenvalue weighted by molar-refractivity contribution is 5.27. The summed E-state index contributed by atoms with van der Waals surface area (Å²) in [5.41, 5.74) is 1.38. The Kier molecular flexibility index (Phi) is 5.14. The number of nitrogens with zero attached hydrogens (tertiary/aromatic N) is 1. The van der Waals surface area contributed by atoms with E-state index >= 15 is 0 Å². The van der Waals surface area contributed by atoms with Gasteiger partial charge >= 0.3 is 0 Å². The lowest BCUT2D eigenvalue weighted by atomic mass is 9.77. The Morgan fingerprint density at radius 1 is 0.957 bits per heavy atom. The van der Waals surface area contributed by atoms with E-state index in [1.54, 1.807) is 0 Å². The Morgan fingerprint density at radius 3 is 2.13 bits per heavy atom. The first-order valence-corrected chi connectivity index (χ1v) is 8.73. The predicted octanol–water partition coefficient (Wildman–Crippen LogP) is 3.85. The first-order valence-electron chi connectivity index (χ1n) is 8.73. The lowest BCUT2D eigenvalue weighted by Crippen LogP contribution is -2.42. The molecule has 0 radical (unpaired) electrons. The molecule has 2 aromatic carbocycles. The van der Waals surface area contributed by atoms with Crippen LogP contribution in [0, 0.1) is 5.92 Å². The zero-order valence-electron chi connectivity index (χ0n) is 14.0. The van der Waals surface area contributed by atoms with Crippen molar-refractivity contribution in [3.63, 3.8) is 0 Å². The molecule has 1 saturated heterocycles. The third kappa shape index (κ3) is 3.82. The van der Waals surface area contributed by atoms with Crippen LogP contribution in [0.4, 0.5) is 0 Å². The minimum atomic E-state index is -0.828. The molecule has 1 N–H and O–H groups in total. The van der Waals surface area contributed by atoms with Crippen molar-refractivity contribution in [2.75, 3.05) is 19.6 Å². The number of hydrogen-bond acceptors (Lipinski definition) is 2. The van der Waals surface area contributed by atoms with E-state index in [0.29, 0.717) is 6.42 Å². The molecule has 122 valence electrons. The molecule has 2 aromatic rings. The molecule has 1 aliphatic heterocycles. The van der Waals surface area contributed by atoms with E-state index in [1.807, 2.05) is 36.4 Å². The molecule has 1 heterocycles. The highest BCUT2D eigenvalue weighted by Gasteiger charge is 2.36.